The maximum Gasteiger partial charge on any atom is 0.246 e. The molecule has 24 heavy (non-hydrogen) atoms. The number of hydrogen-bond acceptors (Lipinski definition) is 4. The lowest BCUT2D eigenvalue weighted by molar-refractivity contribution is -0.116. The molecule has 0 heterocycles. The molecule has 8 heteroatoms. The maximum absolute atomic E-state index is 12.2. The number of hydrogen-bond donors (Lipinski definition) is 3. The van der Waals surface area contributed by atoms with Gasteiger partial charge in [-0.1, -0.05) is 17.7 Å². The van der Waals surface area contributed by atoms with Gasteiger partial charge < -0.3 is 10.6 Å². The summed E-state index contributed by atoms with van der Waals surface area (Å²) >= 11 is 6.06. The lowest BCUT2D eigenvalue weighted by Gasteiger charge is -2.17. The molecule has 2 aromatic carbocycles. The van der Waals surface area contributed by atoms with Gasteiger partial charge in [-0.15, -0.1) is 0 Å². The number of nitrogens with two attached hydrogens (primary N) is 1. The van der Waals surface area contributed by atoms with Gasteiger partial charge in [0.1, 0.15) is 6.04 Å². The molecule has 0 saturated heterocycles. The van der Waals surface area contributed by atoms with Crippen LogP contribution in [0.3, 0.4) is 0 Å². The first-order valence-corrected chi connectivity index (χ1v) is 9.06. The van der Waals surface area contributed by atoms with Crippen LogP contribution in [-0.2, 0) is 14.8 Å². The fraction of sp³-hybridized carbons (Fsp3) is 0.188. The molecule has 0 aliphatic rings. The van der Waals surface area contributed by atoms with Crippen molar-refractivity contribution in [2.45, 2.75) is 24.8 Å². The van der Waals surface area contributed by atoms with Crippen molar-refractivity contribution in [2.75, 3.05) is 10.6 Å². The summed E-state index contributed by atoms with van der Waals surface area (Å²) in [6.07, 6.45) is 0. The van der Waals surface area contributed by atoms with Crippen LogP contribution in [0.4, 0.5) is 11.4 Å². The molecule has 128 valence electrons. The van der Waals surface area contributed by atoms with Crippen LogP contribution >= 0.6 is 11.6 Å². The number of amides is 1. The van der Waals surface area contributed by atoms with Crippen LogP contribution in [0.1, 0.15) is 12.5 Å². The Kier molecular flexibility index (Phi) is 5.48. The van der Waals surface area contributed by atoms with Gasteiger partial charge in [0.2, 0.25) is 15.9 Å². The van der Waals surface area contributed by atoms with Gasteiger partial charge in [0, 0.05) is 16.4 Å². The molecule has 2 aromatic rings. The van der Waals surface area contributed by atoms with Gasteiger partial charge in [-0.25, -0.2) is 13.6 Å². The fourth-order valence-electron chi connectivity index (χ4n) is 2.04. The molecular weight excluding hydrogens is 350 g/mol. The largest absolute Gasteiger partial charge is 0.374 e. The number of primary sulfonamides is 1. The highest BCUT2D eigenvalue weighted by Gasteiger charge is 2.15. The third-order valence-electron chi connectivity index (χ3n) is 3.48. The minimum Gasteiger partial charge on any atom is -0.374 e. The van der Waals surface area contributed by atoms with Gasteiger partial charge in [0.25, 0.3) is 0 Å². The van der Waals surface area contributed by atoms with E-state index >= 15 is 0 Å². The average Bonchev–Trinajstić information content (AvgIpc) is 2.51. The topological polar surface area (TPSA) is 101 Å². The number of halogens is 1. The zero-order chi connectivity index (χ0) is 17.9. The smallest absolute Gasteiger partial charge is 0.246 e. The third-order valence-corrected chi connectivity index (χ3v) is 4.82. The lowest BCUT2D eigenvalue weighted by Crippen LogP contribution is -2.32. The summed E-state index contributed by atoms with van der Waals surface area (Å²) in [5.74, 6) is -0.266. The van der Waals surface area contributed by atoms with E-state index in [9.17, 15) is 13.2 Å². The van der Waals surface area contributed by atoms with Crippen molar-refractivity contribution in [3.05, 3.63) is 53.1 Å². The van der Waals surface area contributed by atoms with E-state index in [1.165, 1.54) is 24.3 Å². The minimum atomic E-state index is -3.75. The Morgan fingerprint density at radius 1 is 1.17 bits per heavy atom. The number of rotatable bonds is 5. The number of benzene rings is 2. The van der Waals surface area contributed by atoms with Crippen LogP contribution in [0.25, 0.3) is 0 Å². The first kappa shape index (κ1) is 18.3. The van der Waals surface area contributed by atoms with Gasteiger partial charge in [-0.2, -0.15) is 0 Å². The van der Waals surface area contributed by atoms with Crippen LogP contribution in [0.2, 0.25) is 5.02 Å². The first-order chi connectivity index (χ1) is 11.2. The van der Waals surface area contributed by atoms with Gasteiger partial charge in [0.05, 0.1) is 4.90 Å². The molecule has 0 saturated carbocycles. The monoisotopic (exact) mass is 367 g/mol. The summed E-state index contributed by atoms with van der Waals surface area (Å²) in [7, 11) is -3.75. The molecule has 6 nitrogen and oxygen atoms in total. The Hall–Kier alpha value is -2.09. The summed E-state index contributed by atoms with van der Waals surface area (Å²) in [6.45, 7) is 3.58. The summed E-state index contributed by atoms with van der Waals surface area (Å²) in [5.41, 5.74) is 2.11. The highest BCUT2D eigenvalue weighted by atomic mass is 35.5. The SMILES string of the molecule is Cc1c(Cl)cccc1N[C@H](C)C(=O)Nc1ccc(S(N)(=O)=O)cc1. The normalized spacial score (nSPS) is 12.5. The second-order valence-corrected chi connectivity index (χ2v) is 7.31. The van der Waals surface area contributed by atoms with Crippen LogP contribution in [-0.4, -0.2) is 20.4 Å². The zero-order valence-electron chi connectivity index (χ0n) is 13.2. The van der Waals surface area contributed by atoms with E-state index in [1.807, 2.05) is 13.0 Å². The quantitative estimate of drug-likeness (QED) is 0.756. The predicted molar refractivity (Wildman–Crippen MR) is 95.7 cm³/mol. The minimum absolute atomic E-state index is 0.0128. The van der Waals surface area contributed by atoms with Crippen molar-refractivity contribution in [3.63, 3.8) is 0 Å². The van der Waals surface area contributed by atoms with E-state index in [2.05, 4.69) is 10.6 Å². The molecule has 0 bridgehead atoms. The van der Waals surface area contributed by atoms with Crippen molar-refractivity contribution in [1.29, 1.82) is 0 Å². The second kappa shape index (κ2) is 7.21. The second-order valence-electron chi connectivity index (χ2n) is 5.34. The van der Waals surface area contributed by atoms with Crippen molar-refractivity contribution >= 4 is 38.9 Å². The Morgan fingerprint density at radius 2 is 1.79 bits per heavy atom. The van der Waals surface area contributed by atoms with Gasteiger partial charge in [-0.3, -0.25) is 4.79 Å². The number of carbonyl (C=O) groups is 1. The summed E-state index contributed by atoms with van der Waals surface area (Å²) in [6, 6.07) is 10.5. The van der Waals surface area contributed by atoms with E-state index in [1.54, 1.807) is 19.1 Å². The van der Waals surface area contributed by atoms with Gasteiger partial charge in [-0.05, 0) is 55.8 Å². The average molecular weight is 368 g/mol. The van der Waals surface area contributed by atoms with E-state index in [0.29, 0.717) is 10.7 Å². The van der Waals surface area contributed by atoms with Crippen molar-refractivity contribution in [3.8, 4) is 0 Å². The summed E-state index contributed by atoms with van der Waals surface area (Å²) < 4.78 is 22.4. The Balaban J connectivity index is 2.05. The van der Waals surface area contributed by atoms with Crippen molar-refractivity contribution in [2.24, 2.45) is 5.14 Å². The standard InChI is InChI=1S/C16H18ClN3O3S/c1-10-14(17)4-3-5-15(10)19-11(2)16(21)20-12-6-8-13(9-7-12)24(18,22)23/h3-9,11,19H,1-2H3,(H,20,21)(H2,18,22,23)/t11-/m1/s1. The van der Waals surface area contributed by atoms with E-state index < -0.39 is 16.1 Å². The summed E-state index contributed by atoms with van der Waals surface area (Å²) in [5, 5.41) is 11.4. The van der Waals surface area contributed by atoms with Crippen LogP contribution < -0.4 is 15.8 Å². The van der Waals surface area contributed by atoms with Crippen molar-refractivity contribution < 1.29 is 13.2 Å². The number of nitrogens with one attached hydrogen (secondary N) is 2. The van der Waals surface area contributed by atoms with E-state index in [-0.39, 0.29) is 10.8 Å². The third kappa shape index (κ3) is 4.47. The first-order valence-electron chi connectivity index (χ1n) is 7.14. The van der Waals surface area contributed by atoms with E-state index in [4.69, 9.17) is 16.7 Å². The number of sulfonamides is 1. The molecule has 1 atom stereocenters. The molecule has 0 fully saturated rings. The molecule has 0 unspecified atom stereocenters. The van der Waals surface area contributed by atoms with Crippen molar-refractivity contribution in [1.82, 2.24) is 0 Å². The molecule has 4 N–H and O–H groups in total. The molecule has 0 aromatic heterocycles. The highest BCUT2D eigenvalue weighted by Crippen LogP contribution is 2.23. The number of anilines is 2. The Bertz CT molecular complexity index is 851. The molecule has 0 spiro atoms. The van der Waals surface area contributed by atoms with Crippen LogP contribution in [0, 0.1) is 6.92 Å². The van der Waals surface area contributed by atoms with E-state index in [0.717, 1.165) is 11.3 Å². The van der Waals surface area contributed by atoms with Crippen LogP contribution in [0.15, 0.2) is 47.4 Å². The Labute approximate surface area is 146 Å². The molecule has 0 aliphatic heterocycles. The Morgan fingerprint density at radius 3 is 2.38 bits per heavy atom. The van der Waals surface area contributed by atoms with Gasteiger partial charge in [0.15, 0.2) is 0 Å². The number of carbonyl (C=O) groups excluding carboxylic acids is 1. The van der Waals surface area contributed by atoms with Crippen LogP contribution in [0.5, 0.6) is 0 Å². The molecule has 1 amide bonds. The molecular formula is C16H18ClN3O3S. The maximum atomic E-state index is 12.2. The molecule has 0 aliphatic carbocycles. The molecule has 2 rings (SSSR count). The highest BCUT2D eigenvalue weighted by molar-refractivity contribution is 7.89. The molecule has 0 radical (unpaired) electrons. The fourth-order valence-corrected chi connectivity index (χ4v) is 2.73. The van der Waals surface area contributed by atoms with Gasteiger partial charge >= 0.3 is 0 Å². The zero-order valence-corrected chi connectivity index (χ0v) is 14.8. The predicted octanol–water partition coefficient (Wildman–Crippen LogP) is 2.73. The summed E-state index contributed by atoms with van der Waals surface area (Å²) in [4.78, 5) is 12.2. The lowest BCUT2D eigenvalue weighted by atomic mass is 10.1.